The first-order valence-corrected chi connectivity index (χ1v) is 24.3. The molecule has 4 N–H and O–H groups in total. The van der Waals surface area contributed by atoms with Crippen LogP contribution < -0.4 is 0 Å². The number of aliphatic hydroxyl groups excluding tert-OH is 1. The van der Waals surface area contributed by atoms with Gasteiger partial charge in [-0.3, -0.25) is 28.0 Å². The van der Waals surface area contributed by atoms with E-state index in [1.807, 2.05) is 36.5 Å². The standard InChI is InChI=1S/C42H74O14P2/c1-3-5-7-8-9-10-11-12-15-19-22-25-29-33-42(46)56-40(37-55-58(50,51)54-35-39(44)34-53-57(47,48)49)36-52-41(45)32-28-24-21-18-16-13-14-17-20-23-27-31-38(43)30-26-6-4-2/h13-14,18,20-21,23,27,31,39-40,44H,3-12,15-17,19,22,24-26,28-30,32-37H2,1-2H3,(H,50,51)(H2,47,48,49)/b14-13-,21-18-,23-20-,31-27+/t39-,40+/m0/s1. The van der Waals surface area contributed by atoms with Crippen molar-refractivity contribution in [1.82, 2.24) is 0 Å². The number of rotatable bonds is 40. The van der Waals surface area contributed by atoms with Crippen LogP contribution in [-0.4, -0.2) is 76.1 Å². The molecule has 58 heavy (non-hydrogen) atoms. The van der Waals surface area contributed by atoms with E-state index in [4.69, 9.17) is 23.8 Å². The van der Waals surface area contributed by atoms with Gasteiger partial charge in [0.15, 0.2) is 11.9 Å². The zero-order valence-corrected chi connectivity index (χ0v) is 36.9. The Bertz CT molecular complexity index is 1280. The molecule has 0 aliphatic rings. The largest absolute Gasteiger partial charge is 0.472 e. The Labute approximate surface area is 347 Å². The SMILES string of the molecule is CCCCCCCCCCCCCCCC(=O)O[C@H](COC(=O)CCC/C=C\C/C=C\C/C=C\C=C\C(=O)CCCCC)COP(=O)(O)OC[C@@H](O)COP(=O)(O)O. The third-order valence-corrected chi connectivity index (χ3v) is 10.1. The Morgan fingerprint density at radius 1 is 0.552 bits per heavy atom. The van der Waals surface area contributed by atoms with Gasteiger partial charge in [-0.2, -0.15) is 0 Å². The van der Waals surface area contributed by atoms with Gasteiger partial charge in [-0.15, -0.1) is 0 Å². The summed E-state index contributed by atoms with van der Waals surface area (Å²) in [7, 11) is -9.70. The summed E-state index contributed by atoms with van der Waals surface area (Å²) >= 11 is 0. The number of phosphoric ester groups is 2. The first-order valence-electron chi connectivity index (χ1n) is 21.3. The molecule has 0 heterocycles. The molecule has 0 spiro atoms. The predicted molar refractivity (Wildman–Crippen MR) is 226 cm³/mol. The summed E-state index contributed by atoms with van der Waals surface area (Å²) in [5.41, 5.74) is 0. The highest BCUT2D eigenvalue weighted by Gasteiger charge is 2.28. The van der Waals surface area contributed by atoms with E-state index in [-0.39, 0.29) is 18.6 Å². The first kappa shape index (κ1) is 55.8. The van der Waals surface area contributed by atoms with Gasteiger partial charge in [-0.05, 0) is 44.6 Å². The van der Waals surface area contributed by atoms with Crippen molar-refractivity contribution in [2.24, 2.45) is 0 Å². The second-order valence-corrected chi connectivity index (χ2v) is 17.0. The molecule has 0 radical (unpaired) electrons. The highest BCUT2D eigenvalue weighted by molar-refractivity contribution is 7.47. The van der Waals surface area contributed by atoms with E-state index in [0.717, 1.165) is 57.8 Å². The molecule has 0 aliphatic carbocycles. The molecule has 0 fully saturated rings. The van der Waals surface area contributed by atoms with Gasteiger partial charge in [0, 0.05) is 19.3 Å². The maximum atomic E-state index is 12.6. The van der Waals surface area contributed by atoms with Gasteiger partial charge in [0.25, 0.3) is 0 Å². The smallest absolute Gasteiger partial charge is 0.462 e. The highest BCUT2D eigenvalue weighted by Crippen LogP contribution is 2.43. The molecule has 0 saturated heterocycles. The molecule has 336 valence electrons. The molecule has 3 atom stereocenters. The molecule has 0 aromatic heterocycles. The average Bonchev–Trinajstić information content (AvgIpc) is 3.17. The van der Waals surface area contributed by atoms with Gasteiger partial charge >= 0.3 is 27.6 Å². The minimum Gasteiger partial charge on any atom is -0.462 e. The Balaban J connectivity index is 4.65. The van der Waals surface area contributed by atoms with E-state index < -0.39 is 66.2 Å². The van der Waals surface area contributed by atoms with E-state index in [9.17, 15) is 33.5 Å². The summed E-state index contributed by atoms with van der Waals surface area (Å²) in [6.45, 7) is 1.51. The monoisotopic (exact) mass is 864 g/mol. The van der Waals surface area contributed by atoms with Gasteiger partial charge in [0.1, 0.15) is 12.7 Å². The van der Waals surface area contributed by atoms with Crippen molar-refractivity contribution in [3.8, 4) is 0 Å². The van der Waals surface area contributed by atoms with Crippen molar-refractivity contribution in [3.05, 3.63) is 48.6 Å². The van der Waals surface area contributed by atoms with E-state index >= 15 is 0 Å². The fourth-order valence-corrected chi connectivity index (χ4v) is 6.57. The zero-order valence-electron chi connectivity index (χ0n) is 35.1. The molecule has 1 unspecified atom stereocenters. The third kappa shape index (κ3) is 40.5. The van der Waals surface area contributed by atoms with Crippen LogP contribution in [0.5, 0.6) is 0 Å². The normalized spacial score (nSPS) is 14.4. The van der Waals surface area contributed by atoms with Gasteiger partial charge in [0.2, 0.25) is 0 Å². The van der Waals surface area contributed by atoms with E-state index in [1.54, 1.807) is 12.2 Å². The Morgan fingerprint density at radius 3 is 1.67 bits per heavy atom. The summed E-state index contributed by atoms with van der Waals surface area (Å²) in [6, 6.07) is 0. The molecule has 14 nitrogen and oxygen atoms in total. The predicted octanol–water partition coefficient (Wildman–Crippen LogP) is 9.85. The lowest BCUT2D eigenvalue weighted by Gasteiger charge is -2.20. The van der Waals surface area contributed by atoms with Gasteiger partial charge in [-0.1, -0.05) is 146 Å². The molecule has 16 heteroatoms. The Hall–Kier alpha value is -2.25. The van der Waals surface area contributed by atoms with Crippen LogP contribution in [0.15, 0.2) is 48.6 Å². The van der Waals surface area contributed by atoms with Crippen molar-refractivity contribution in [2.45, 2.75) is 174 Å². The van der Waals surface area contributed by atoms with E-state index in [1.165, 1.54) is 51.4 Å². The third-order valence-electron chi connectivity index (χ3n) is 8.69. The molecule has 0 rings (SSSR count). The van der Waals surface area contributed by atoms with Crippen LogP contribution in [0.1, 0.15) is 162 Å². The summed E-state index contributed by atoms with van der Waals surface area (Å²) < 4.78 is 47.6. The molecule has 0 aliphatic heterocycles. The second kappa shape index (κ2) is 37.7. The van der Waals surface area contributed by atoms with Crippen LogP contribution in [0.2, 0.25) is 0 Å². The number of ether oxygens (including phenoxy) is 2. The van der Waals surface area contributed by atoms with Crippen LogP contribution in [-0.2, 0) is 46.6 Å². The minimum atomic E-state index is -4.87. The first-order chi connectivity index (χ1) is 27.8. The number of unbranched alkanes of at least 4 members (excludes halogenated alkanes) is 15. The van der Waals surface area contributed by atoms with Crippen molar-refractivity contribution < 1.29 is 66.3 Å². The highest BCUT2D eigenvalue weighted by atomic mass is 31.2. The number of esters is 2. The molecule has 0 aromatic carbocycles. The van der Waals surface area contributed by atoms with Crippen LogP contribution in [0.25, 0.3) is 0 Å². The Morgan fingerprint density at radius 2 is 1.05 bits per heavy atom. The quantitative estimate of drug-likeness (QED) is 0.0113. The zero-order chi connectivity index (χ0) is 43.2. The lowest BCUT2D eigenvalue weighted by molar-refractivity contribution is -0.161. The number of hydrogen-bond acceptors (Lipinski definition) is 11. The number of carbonyl (C=O) groups excluding carboxylic acids is 3. The summed E-state index contributed by atoms with van der Waals surface area (Å²) in [4.78, 5) is 64.3. The Kier molecular flexibility index (Phi) is 36.3. The number of ketones is 1. The van der Waals surface area contributed by atoms with Crippen LogP contribution in [0.3, 0.4) is 0 Å². The van der Waals surface area contributed by atoms with Crippen molar-refractivity contribution in [3.63, 3.8) is 0 Å². The summed E-state index contributed by atoms with van der Waals surface area (Å²) in [5.74, 6) is -0.984. The van der Waals surface area contributed by atoms with E-state index in [2.05, 4.69) is 22.9 Å². The minimum absolute atomic E-state index is 0.0935. The number of hydrogen-bond donors (Lipinski definition) is 4. The van der Waals surface area contributed by atoms with Crippen molar-refractivity contribution in [1.29, 1.82) is 0 Å². The van der Waals surface area contributed by atoms with Crippen LogP contribution >= 0.6 is 15.6 Å². The topological polar surface area (TPSA) is 212 Å². The molecular formula is C42H74O14P2. The van der Waals surface area contributed by atoms with Crippen LogP contribution in [0, 0.1) is 0 Å². The average molecular weight is 865 g/mol. The lowest BCUT2D eigenvalue weighted by atomic mass is 10.0. The van der Waals surface area contributed by atoms with E-state index in [0.29, 0.717) is 25.7 Å². The lowest BCUT2D eigenvalue weighted by Crippen LogP contribution is -2.30. The van der Waals surface area contributed by atoms with Crippen molar-refractivity contribution >= 4 is 33.4 Å². The van der Waals surface area contributed by atoms with Gasteiger partial charge < -0.3 is 29.3 Å². The summed E-state index contributed by atoms with van der Waals surface area (Å²) in [6.07, 6.45) is 33.8. The van der Waals surface area contributed by atoms with Gasteiger partial charge in [-0.25, -0.2) is 9.13 Å². The van der Waals surface area contributed by atoms with Crippen molar-refractivity contribution in [2.75, 3.05) is 26.4 Å². The molecule has 0 amide bonds. The van der Waals surface area contributed by atoms with Gasteiger partial charge in [0.05, 0.1) is 19.8 Å². The molecule has 0 aromatic rings. The number of allylic oxidation sites excluding steroid dienone is 8. The second-order valence-electron chi connectivity index (χ2n) is 14.3. The summed E-state index contributed by atoms with van der Waals surface area (Å²) in [5, 5.41) is 9.73. The number of aliphatic hydroxyl groups is 1. The maximum Gasteiger partial charge on any atom is 0.472 e. The van der Waals surface area contributed by atoms with Crippen LogP contribution in [0.4, 0.5) is 0 Å². The fraction of sp³-hybridized carbons (Fsp3) is 0.738. The number of carbonyl (C=O) groups is 3. The fourth-order valence-electron chi connectivity index (χ4n) is 5.41. The molecule has 0 saturated carbocycles. The maximum absolute atomic E-state index is 12.6. The number of phosphoric acid groups is 2. The molecule has 0 bridgehead atoms. The molecular weight excluding hydrogens is 790 g/mol.